The molecule has 1 saturated heterocycles. The zero-order valence-electron chi connectivity index (χ0n) is 18.6. The van der Waals surface area contributed by atoms with Gasteiger partial charge in [0.15, 0.2) is 5.16 Å². The summed E-state index contributed by atoms with van der Waals surface area (Å²) < 4.78 is 37.3. The lowest BCUT2D eigenvalue weighted by molar-refractivity contribution is -0.115. The first-order chi connectivity index (χ1) is 16.5. The number of morpholine rings is 1. The molecule has 4 rings (SSSR count). The molecule has 1 aromatic heterocycles. The molecule has 34 heavy (non-hydrogen) atoms. The predicted molar refractivity (Wildman–Crippen MR) is 126 cm³/mol. The highest BCUT2D eigenvalue weighted by Gasteiger charge is 2.25. The van der Waals surface area contributed by atoms with Crippen molar-refractivity contribution in [1.29, 1.82) is 0 Å². The summed E-state index contributed by atoms with van der Waals surface area (Å²) >= 11 is 1.25. The molecule has 1 atom stereocenters. The number of thioether (sulfide) groups is 1. The van der Waals surface area contributed by atoms with E-state index >= 15 is 0 Å². The molecular weight excluding hydrogens is 464 g/mol. The summed E-state index contributed by atoms with van der Waals surface area (Å²) in [6.07, 6.45) is 0. The Morgan fingerprint density at radius 2 is 1.82 bits per heavy atom. The fraction of sp³-hybridized carbons (Fsp3) is 0.348. The SMILES string of the molecule is CC(Sc1nnc(N2CCOCC2)n1Cc1ccccc1)C(=O)Nc1ccccc1OC(F)F. The number of alkyl halides is 2. The summed E-state index contributed by atoms with van der Waals surface area (Å²) in [5.41, 5.74) is 1.26. The Morgan fingerprint density at radius 1 is 1.12 bits per heavy atom. The van der Waals surface area contributed by atoms with Gasteiger partial charge >= 0.3 is 6.61 Å². The van der Waals surface area contributed by atoms with Crippen LogP contribution in [0.4, 0.5) is 20.4 Å². The molecule has 0 bridgehead atoms. The van der Waals surface area contributed by atoms with Gasteiger partial charge in [-0.25, -0.2) is 0 Å². The first-order valence-corrected chi connectivity index (χ1v) is 11.7. The van der Waals surface area contributed by atoms with Gasteiger partial charge in [-0.05, 0) is 24.6 Å². The van der Waals surface area contributed by atoms with E-state index in [1.165, 1.54) is 23.9 Å². The molecule has 1 aliphatic heterocycles. The van der Waals surface area contributed by atoms with Crippen molar-refractivity contribution in [2.45, 2.75) is 30.5 Å². The first kappa shape index (κ1) is 24.0. The molecule has 1 N–H and O–H groups in total. The Balaban J connectivity index is 1.52. The number of hydrogen-bond donors (Lipinski definition) is 1. The molecular formula is C23H25F2N5O3S. The van der Waals surface area contributed by atoms with Crippen LogP contribution < -0.4 is 15.0 Å². The normalized spacial score (nSPS) is 14.8. The second-order valence-electron chi connectivity index (χ2n) is 7.58. The molecule has 1 amide bonds. The van der Waals surface area contributed by atoms with Crippen molar-refractivity contribution in [3.63, 3.8) is 0 Å². The van der Waals surface area contributed by atoms with Crippen molar-refractivity contribution in [1.82, 2.24) is 14.8 Å². The maximum atomic E-state index is 12.9. The maximum absolute atomic E-state index is 12.9. The van der Waals surface area contributed by atoms with Crippen LogP contribution in [-0.2, 0) is 16.1 Å². The van der Waals surface area contributed by atoms with Gasteiger partial charge in [0.25, 0.3) is 0 Å². The third kappa shape index (κ3) is 6.03. The van der Waals surface area contributed by atoms with Gasteiger partial charge in [-0.3, -0.25) is 9.36 Å². The van der Waals surface area contributed by atoms with Crippen LogP contribution in [0, 0.1) is 0 Å². The Morgan fingerprint density at radius 3 is 2.56 bits per heavy atom. The molecule has 0 saturated carbocycles. The summed E-state index contributed by atoms with van der Waals surface area (Å²) in [7, 11) is 0. The van der Waals surface area contributed by atoms with E-state index in [0.29, 0.717) is 38.0 Å². The quantitative estimate of drug-likeness (QED) is 0.457. The van der Waals surface area contributed by atoms with Crippen LogP contribution in [0.2, 0.25) is 0 Å². The van der Waals surface area contributed by atoms with E-state index < -0.39 is 11.9 Å². The summed E-state index contributed by atoms with van der Waals surface area (Å²) in [5.74, 6) is 0.264. The second kappa shape index (κ2) is 11.3. The Labute approximate surface area is 200 Å². The van der Waals surface area contributed by atoms with Crippen LogP contribution in [0.15, 0.2) is 59.8 Å². The Hall–Kier alpha value is -3.18. The van der Waals surface area contributed by atoms with E-state index in [-0.39, 0.29) is 17.3 Å². The number of ether oxygens (including phenoxy) is 2. The van der Waals surface area contributed by atoms with E-state index in [0.717, 1.165) is 11.5 Å². The number of rotatable bonds is 9. The van der Waals surface area contributed by atoms with E-state index in [4.69, 9.17) is 4.74 Å². The average molecular weight is 490 g/mol. The second-order valence-corrected chi connectivity index (χ2v) is 8.89. The number of halogens is 2. The van der Waals surface area contributed by atoms with Gasteiger partial charge in [-0.2, -0.15) is 8.78 Å². The molecule has 0 radical (unpaired) electrons. The molecule has 0 aliphatic carbocycles. The molecule has 1 fully saturated rings. The largest absolute Gasteiger partial charge is 0.433 e. The number of benzene rings is 2. The van der Waals surface area contributed by atoms with Crippen molar-refractivity contribution in [2.24, 2.45) is 0 Å². The van der Waals surface area contributed by atoms with E-state index in [2.05, 4.69) is 25.2 Å². The summed E-state index contributed by atoms with van der Waals surface area (Å²) in [5, 5.41) is 11.5. The lowest BCUT2D eigenvalue weighted by Gasteiger charge is -2.28. The highest BCUT2D eigenvalue weighted by Crippen LogP contribution is 2.30. The number of aromatic nitrogens is 3. The topological polar surface area (TPSA) is 81.5 Å². The smallest absolute Gasteiger partial charge is 0.387 e. The van der Waals surface area contributed by atoms with Gasteiger partial charge < -0.3 is 19.7 Å². The Bertz CT molecular complexity index is 1090. The third-order valence-corrected chi connectivity index (χ3v) is 6.27. The van der Waals surface area contributed by atoms with Crippen LogP contribution in [0.3, 0.4) is 0 Å². The van der Waals surface area contributed by atoms with Crippen molar-refractivity contribution in [2.75, 3.05) is 36.5 Å². The lowest BCUT2D eigenvalue weighted by Crippen LogP contribution is -2.38. The minimum atomic E-state index is -2.99. The molecule has 180 valence electrons. The monoisotopic (exact) mass is 489 g/mol. The molecule has 0 spiro atoms. The fourth-order valence-electron chi connectivity index (χ4n) is 3.48. The van der Waals surface area contributed by atoms with Crippen LogP contribution in [0.25, 0.3) is 0 Å². The number of nitrogens with zero attached hydrogens (tertiary/aromatic N) is 4. The maximum Gasteiger partial charge on any atom is 0.387 e. The number of carbonyl (C=O) groups is 1. The fourth-order valence-corrected chi connectivity index (χ4v) is 4.33. The molecule has 1 aliphatic rings. The third-order valence-electron chi connectivity index (χ3n) is 5.19. The standard InChI is InChI=1S/C23H25F2N5O3S/c1-16(20(31)26-18-9-5-6-10-19(18)33-21(24)25)34-23-28-27-22(29-11-13-32-14-12-29)30(23)15-17-7-3-2-4-8-17/h2-10,16,21H,11-15H2,1H3,(H,26,31). The molecule has 2 aromatic carbocycles. The Kier molecular flexibility index (Phi) is 7.96. The molecule has 1 unspecified atom stereocenters. The van der Waals surface area contributed by atoms with Crippen molar-refractivity contribution >= 4 is 29.3 Å². The van der Waals surface area contributed by atoms with E-state index in [1.807, 2.05) is 34.9 Å². The minimum absolute atomic E-state index is 0.0927. The highest BCUT2D eigenvalue weighted by atomic mass is 32.2. The number of anilines is 2. The number of carbonyl (C=O) groups excluding carboxylic acids is 1. The van der Waals surface area contributed by atoms with Crippen molar-refractivity contribution < 1.29 is 23.0 Å². The van der Waals surface area contributed by atoms with E-state index in [1.54, 1.807) is 19.1 Å². The number of nitrogens with one attached hydrogen (secondary N) is 1. The van der Waals surface area contributed by atoms with Crippen LogP contribution in [-0.4, -0.2) is 58.8 Å². The molecule has 3 aromatic rings. The molecule has 11 heteroatoms. The van der Waals surface area contributed by atoms with E-state index in [9.17, 15) is 13.6 Å². The first-order valence-electron chi connectivity index (χ1n) is 10.8. The summed E-state index contributed by atoms with van der Waals surface area (Å²) in [6.45, 7) is 1.91. The number of amides is 1. The van der Waals surface area contributed by atoms with Gasteiger partial charge in [0.05, 0.1) is 30.7 Å². The number of hydrogen-bond acceptors (Lipinski definition) is 7. The highest BCUT2D eigenvalue weighted by molar-refractivity contribution is 8.00. The minimum Gasteiger partial charge on any atom is -0.433 e. The van der Waals surface area contributed by atoms with Gasteiger partial charge in [-0.15, -0.1) is 10.2 Å². The van der Waals surface area contributed by atoms with Crippen LogP contribution in [0.5, 0.6) is 5.75 Å². The van der Waals surface area contributed by atoms with Gasteiger partial charge in [-0.1, -0.05) is 54.2 Å². The lowest BCUT2D eigenvalue weighted by atomic mass is 10.2. The zero-order chi connectivity index (χ0) is 23.9. The van der Waals surface area contributed by atoms with Crippen LogP contribution in [0.1, 0.15) is 12.5 Å². The number of para-hydroxylation sites is 2. The average Bonchev–Trinajstić information content (AvgIpc) is 3.23. The van der Waals surface area contributed by atoms with Gasteiger partial charge in [0.1, 0.15) is 5.75 Å². The zero-order valence-corrected chi connectivity index (χ0v) is 19.4. The molecule has 2 heterocycles. The molecule has 8 nitrogen and oxygen atoms in total. The van der Waals surface area contributed by atoms with Gasteiger partial charge in [0.2, 0.25) is 11.9 Å². The van der Waals surface area contributed by atoms with Gasteiger partial charge in [0, 0.05) is 13.1 Å². The van der Waals surface area contributed by atoms with Crippen molar-refractivity contribution in [3.05, 3.63) is 60.2 Å². The van der Waals surface area contributed by atoms with Crippen molar-refractivity contribution in [3.8, 4) is 5.75 Å². The summed E-state index contributed by atoms with van der Waals surface area (Å²) in [4.78, 5) is 15.0. The van der Waals surface area contributed by atoms with Crippen LogP contribution >= 0.6 is 11.8 Å². The summed E-state index contributed by atoms with van der Waals surface area (Å²) in [6, 6.07) is 16.0. The predicted octanol–water partition coefficient (Wildman–Crippen LogP) is 3.88.